The first-order valence-electron chi connectivity index (χ1n) is 7.22. The van der Waals surface area contributed by atoms with Crippen molar-refractivity contribution >= 4 is 5.69 Å². The van der Waals surface area contributed by atoms with Gasteiger partial charge >= 0.3 is 5.91 Å². The van der Waals surface area contributed by atoms with Crippen LogP contribution in [0.1, 0.15) is 19.4 Å². The maximum atomic E-state index is 11.5. The van der Waals surface area contributed by atoms with E-state index in [1.807, 2.05) is 13.8 Å². The van der Waals surface area contributed by atoms with Gasteiger partial charge in [0, 0.05) is 11.0 Å². The lowest BCUT2D eigenvalue weighted by Gasteiger charge is -2.36. The van der Waals surface area contributed by atoms with Gasteiger partial charge in [-0.1, -0.05) is 13.8 Å². The third-order valence-corrected chi connectivity index (χ3v) is 3.84. The molecule has 0 amide bonds. The van der Waals surface area contributed by atoms with E-state index < -0.39 is 22.2 Å². The minimum Gasteiger partial charge on any atom is -0.454 e. The summed E-state index contributed by atoms with van der Waals surface area (Å²) in [5, 5.41) is 22.8. The zero-order valence-electron chi connectivity index (χ0n) is 13.1. The third-order valence-electron chi connectivity index (χ3n) is 3.84. The van der Waals surface area contributed by atoms with Crippen LogP contribution in [0.25, 0.3) is 0 Å². The first-order valence-corrected chi connectivity index (χ1v) is 7.22. The molecule has 0 saturated carbocycles. The number of fused-ring (bicyclic) bond motifs is 1. The predicted molar refractivity (Wildman–Crippen MR) is 78.3 cm³/mol. The van der Waals surface area contributed by atoms with Crippen LogP contribution in [-0.4, -0.2) is 35.8 Å². The molecular formula is C14H16N2O8. The van der Waals surface area contributed by atoms with Crippen LogP contribution in [0.4, 0.5) is 5.69 Å². The molecule has 10 heteroatoms. The van der Waals surface area contributed by atoms with Crippen LogP contribution in [0.2, 0.25) is 0 Å². The summed E-state index contributed by atoms with van der Waals surface area (Å²) >= 11 is 0. The molecule has 0 aliphatic carbocycles. The second-order valence-corrected chi connectivity index (χ2v) is 6.48. The highest BCUT2D eigenvalue weighted by atomic mass is 16.8. The van der Waals surface area contributed by atoms with E-state index in [-0.39, 0.29) is 42.4 Å². The van der Waals surface area contributed by atoms with E-state index in [4.69, 9.17) is 18.9 Å². The molecule has 3 rings (SSSR count). The normalized spacial score (nSPS) is 20.6. The van der Waals surface area contributed by atoms with E-state index in [1.54, 1.807) is 0 Å². The van der Waals surface area contributed by atoms with Gasteiger partial charge in [0.05, 0.1) is 29.1 Å². The van der Waals surface area contributed by atoms with Crippen molar-refractivity contribution in [3.05, 3.63) is 37.9 Å². The monoisotopic (exact) mass is 340 g/mol. The molecule has 1 fully saturated rings. The minimum absolute atomic E-state index is 0.0580. The molecule has 0 atom stereocenters. The molecule has 1 aromatic carbocycles. The lowest BCUT2D eigenvalue weighted by molar-refractivity contribution is -0.703. The van der Waals surface area contributed by atoms with Crippen LogP contribution in [0.3, 0.4) is 0 Å². The molecule has 2 heterocycles. The van der Waals surface area contributed by atoms with E-state index in [1.165, 1.54) is 12.1 Å². The summed E-state index contributed by atoms with van der Waals surface area (Å²) in [6, 6.07) is 2.55. The van der Waals surface area contributed by atoms with Crippen molar-refractivity contribution in [3.8, 4) is 11.5 Å². The maximum Gasteiger partial charge on any atom is 0.446 e. The predicted octanol–water partition coefficient (Wildman–Crippen LogP) is 1.87. The molecule has 0 unspecified atom stereocenters. The van der Waals surface area contributed by atoms with Crippen molar-refractivity contribution in [1.82, 2.24) is 0 Å². The van der Waals surface area contributed by atoms with Gasteiger partial charge in [0.15, 0.2) is 11.5 Å². The van der Waals surface area contributed by atoms with Gasteiger partial charge in [-0.3, -0.25) is 29.7 Å². The standard InChI is InChI=1S/C14H16N2O8/c1-13(2)6-23-14(16(19)20,24-7-13)5-9-3-11-12(22-8-21-11)4-10(9)15(17)18/h3-4H,5-8H2,1-2H3. The average molecular weight is 340 g/mol. The lowest BCUT2D eigenvalue weighted by atomic mass is 9.94. The number of nitrogens with zero attached hydrogens (tertiary/aromatic N) is 2. The topological polar surface area (TPSA) is 123 Å². The zero-order valence-corrected chi connectivity index (χ0v) is 13.1. The summed E-state index contributed by atoms with van der Waals surface area (Å²) in [5.74, 6) is -1.63. The van der Waals surface area contributed by atoms with E-state index in [0.717, 1.165) is 0 Å². The van der Waals surface area contributed by atoms with E-state index in [9.17, 15) is 20.2 Å². The molecule has 0 radical (unpaired) electrons. The van der Waals surface area contributed by atoms with Gasteiger partial charge in [0.1, 0.15) is 6.42 Å². The smallest absolute Gasteiger partial charge is 0.446 e. The molecule has 0 spiro atoms. The van der Waals surface area contributed by atoms with Gasteiger partial charge in [0.2, 0.25) is 6.79 Å². The third kappa shape index (κ3) is 2.85. The molecule has 1 saturated heterocycles. The van der Waals surface area contributed by atoms with E-state index in [2.05, 4.69) is 0 Å². The molecule has 2 aliphatic heterocycles. The van der Waals surface area contributed by atoms with Gasteiger partial charge in [-0.25, -0.2) is 0 Å². The van der Waals surface area contributed by atoms with Crippen molar-refractivity contribution in [1.29, 1.82) is 0 Å². The number of hydrogen-bond donors (Lipinski definition) is 0. The molecule has 0 aromatic heterocycles. The Balaban J connectivity index is 1.96. The Morgan fingerprint density at radius 1 is 1.08 bits per heavy atom. The van der Waals surface area contributed by atoms with Gasteiger partial charge in [-0.15, -0.1) is 0 Å². The fraction of sp³-hybridized carbons (Fsp3) is 0.571. The van der Waals surface area contributed by atoms with Crippen molar-refractivity contribution in [2.24, 2.45) is 5.41 Å². The number of rotatable bonds is 4. The fourth-order valence-corrected chi connectivity index (χ4v) is 2.50. The van der Waals surface area contributed by atoms with Crippen molar-refractivity contribution in [2.75, 3.05) is 20.0 Å². The average Bonchev–Trinajstić information content (AvgIpc) is 2.95. The summed E-state index contributed by atoms with van der Waals surface area (Å²) in [6.45, 7) is 3.84. The SMILES string of the molecule is CC1(C)COC(Cc2cc3c(cc2[N+](=O)[O-])OCO3)([N+](=O)[O-])OC1. The summed E-state index contributed by atoms with van der Waals surface area (Å²) in [5.41, 5.74) is -0.599. The molecule has 0 N–H and O–H groups in total. The molecule has 130 valence electrons. The number of hydrogen-bond acceptors (Lipinski definition) is 8. The summed E-state index contributed by atoms with van der Waals surface area (Å²) in [6.07, 6.45) is -0.414. The highest BCUT2D eigenvalue weighted by Gasteiger charge is 2.53. The van der Waals surface area contributed by atoms with Crippen LogP contribution in [0.15, 0.2) is 12.1 Å². The van der Waals surface area contributed by atoms with Gasteiger partial charge < -0.3 is 9.47 Å². The Labute approximate surface area is 136 Å². The number of nitro benzene ring substituents is 1. The van der Waals surface area contributed by atoms with Crippen LogP contribution in [0, 0.1) is 25.6 Å². The van der Waals surface area contributed by atoms with Gasteiger partial charge in [0.25, 0.3) is 5.69 Å². The number of ether oxygens (including phenoxy) is 4. The summed E-state index contributed by atoms with van der Waals surface area (Å²) in [7, 11) is 0. The van der Waals surface area contributed by atoms with Gasteiger partial charge in [-0.2, -0.15) is 0 Å². The Hall–Kier alpha value is -2.46. The number of benzene rings is 1. The second kappa shape index (κ2) is 5.56. The summed E-state index contributed by atoms with van der Waals surface area (Å²) in [4.78, 5) is 21.5. The minimum atomic E-state index is -2.16. The van der Waals surface area contributed by atoms with Crippen molar-refractivity contribution in [2.45, 2.75) is 26.2 Å². The number of nitro groups is 2. The zero-order chi connectivity index (χ0) is 17.5. The van der Waals surface area contributed by atoms with E-state index >= 15 is 0 Å². The van der Waals surface area contributed by atoms with Crippen LogP contribution < -0.4 is 9.47 Å². The maximum absolute atomic E-state index is 11.5. The Kier molecular flexibility index (Phi) is 3.80. The Morgan fingerprint density at radius 2 is 1.67 bits per heavy atom. The summed E-state index contributed by atoms with van der Waals surface area (Å²) < 4.78 is 21.1. The van der Waals surface area contributed by atoms with Crippen molar-refractivity contribution in [3.63, 3.8) is 0 Å². The first-order chi connectivity index (χ1) is 11.2. The second-order valence-electron chi connectivity index (χ2n) is 6.48. The molecule has 2 aliphatic rings. The molecule has 1 aromatic rings. The van der Waals surface area contributed by atoms with Gasteiger partial charge in [-0.05, 0) is 6.07 Å². The Morgan fingerprint density at radius 3 is 2.21 bits per heavy atom. The van der Waals surface area contributed by atoms with Crippen molar-refractivity contribution < 1.29 is 28.8 Å². The highest BCUT2D eigenvalue weighted by molar-refractivity contribution is 5.55. The highest BCUT2D eigenvalue weighted by Crippen LogP contribution is 2.41. The molecule has 10 nitrogen and oxygen atoms in total. The first kappa shape index (κ1) is 16.4. The van der Waals surface area contributed by atoms with E-state index in [0.29, 0.717) is 5.75 Å². The van der Waals surface area contributed by atoms with Crippen LogP contribution in [0.5, 0.6) is 11.5 Å². The molecular weight excluding hydrogens is 324 g/mol. The van der Waals surface area contributed by atoms with Crippen LogP contribution in [-0.2, 0) is 15.9 Å². The Bertz CT molecular complexity index is 692. The molecule has 0 bridgehead atoms. The van der Waals surface area contributed by atoms with Crippen LogP contribution >= 0.6 is 0 Å². The fourth-order valence-electron chi connectivity index (χ4n) is 2.50. The lowest BCUT2D eigenvalue weighted by Crippen LogP contribution is -2.54. The molecule has 24 heavy (non-hydrogen) atoms. The largest absolute Gasteiger partial charge is 0.454 e. The quantitative estimate of drug-likeness (QED) is 0.601.